The first-order valence-electron chi connectivity index (χ1n) is 8.61. The van der Waals surface area contributed by atoms with Crippen molar-refractivity contribution in [2.75, 3.05) is 6.61 Å². The third-order valence-corrected chi connectivity index (χ3v) is 4.58. The topological polar surface area (TPSA) is 72.8 Å². The van der Waals surface area contributed by atoms with Gasteiger partial charge in [0, 0.05) is 23.4 Å². The van der Waals surface area contributed by atoms with Crippen molar-refractivity contribution in [1.29, 1.82) is 0 Å². The highest BCUT2D eigenvalue weighted by atomic mass is 35.5. The van der Waals surface area contributed by atoms with Crippen molar-refractivity contribution in [2.24, 2.45) is 5.92 Å². The third kappa shape index (κ3) is 4.49. The molecule has 1 aliphatic carbocycles. The minimum atomic E-state index is -0.909. The van der Waals surface area contributed by atoms with E-state index in [2.05, 4.69) is 0 Å². The van der Waals surface area contributed by atoms with Crippen LogP contribution < -0.4 is 4.74 Å². The van der Waals surface area contributed by atoms with Crippen molar-refractivity contribution in [3.05, 3.63) is 71.0 Å². The molecule has 0 radical (unpaired) electrons. The Morgan fingerprint density at radius 3 is 2.63 bits per heavy atom. The van der Waals surface area contributed by atoms with Crippen LogP contribution in [0.2, 0.25) is 5.02 Å². The zero-order chi connectivity index (χ0) is 19.4. The number of hydrogen-bond donors (Lipinski definition) is 1. The maximum Gasteiger partial charge on any atom is 0.317 e. The van der Waals surface area contributed by atoms with Crippen LogP contribution in [0, 0.1) is 5.92 Å². The molecular weight excluding hydrogens is 368 g/mol. The van der Waals surface area contributed by atoms with Gasteiger partial charge in [0.2, 0.25) is 0 Å². The molecule has 0 spiro atoms. The zero-order valence-electron chi connectivity index (χ0n) is 14.7. The Balaban J connectivity index is 1.89. The fraction of sp³-hybridized carbons (Fsp3) is 0.238. The van der Waals surface area contributed by atoms with E-state index in [4.69, 9.17) is 21.1 Å². The van der Waals surface area contributed by atoms with E-state index in [-0.39, 0.29) is 24.6 Å². The average molecular weight is 387 g/mol. The fourth-order valence-corrected chi connectivity index (χ4v) is 3.26. The van der Waals surface area contributed by atoms with Crippen LogP contribution in [0.1, 0.15) is 24.8 Å². The molecule has 0 saturated heterocycles. The van der Waals surface area contributed by atoms with Crippen LogP contribution >= 0.6 is 11.6 Å². The first kappa shape index (κ1) is 19.0. The molecule has 1 aliphatic rings. The molecule has 140 valence electrons. The number of carbonyl (C=O) groups excluding carboxylic acids is 2. The smallest absolute Gasteiger partial charge is 0.317 e. The van der Waals surface area contributed by atoms with Gasteiger partial charge in [-0.2, -0.15) is 0 Å². The molecule has 2 atom stereocenters. The summed E-state index contributed by atoms with van der Waals surface area (Å²) in [5.74, 6) is -1.31. The first-order chi connectivity index (χ1) is 13.0. The molecule has 2 aromatic carbocycles. The lowest BCUT2D eigenvalue weighted by Gasteiger charge is -2.28. The van der Waals surface area contributed by atoms with Crippen LogP contribution in [0.3, 0.4) is 0 Å². The van der Waals surface area contributed by atoms with Crippen molar-refractivity contribution in [3.63, 3.8) is 0 Å². The molecule has 0 aliphatic heterocycles. The number of benzene rings is 2. The number of esters is 1. The highest BCUT2D eigenvalue weighted by Crippen LogP contribution is 2.38. The molecule has 0 bridgehead atoms. The Labute approximate surface area is 162 Å². The molecule has 3 rings (SSSR count). The Kier molecular flexibility index (Phi) is 5.81. The van der Waals surface area contributed by atoms with E-state index in [9.17, 15) is 14.7 Å². The third-order valence-electron chi connectivity index (χ3n) is 4.33. The minimum absolute atomic E-state index is 0.109. The molecule has 1 N–H and O–H groups in total. The standard InChI is InChI=1S/C21H19ClO5/c1-2-26-21(25)20-18(11-15(23)12-19(20)24)13-4-3-5-17(10-13)27-16-8-6-14(22)7-9-16/h3-10,12,18,20,24H,2,11H2,1H3. The number of halogens is 1. The summed E-state index contributed by atoms with van der Waals surface area (Å²) in [6, 6.07) is 14.1. The van der Waals surface area contributed by atoms with Gasteiger partial charge in [0.1, 0.15) is 23.2 Å². The van der Waals surface area contributed by atoms with Gasteiger partial charge in [0.25, 0.3) is 0 Å². The van der Waals surface area contributed by atoms with Crippen molar-refractivity contribution >= 4 is 23.4 Å². The van der Waals surface area contributed by atoms with Gasteiger partial charge in [0.05, 0.1) is 6.61 Å². The predicted molar refractivity (Wildman–Crippen MR) is 101 cm³/mol. The van der Waals surface area contributed by atoms with Crippen LogP contribution in [0.4, 0.5) is 0 Å². The van der Waals surface area contributed by atoms with Crippen molar-refractivity contribution < 1.29 is 24.2 Å². The highest BCUT2D eigenvalue weighted by molar-refractivity contribution is 6.30. The predicted octanol–water partition coefficient (Wildman–Crippen LogP) is 4.81. The lowest BCUT2D eigenvalue weighted by molar-refractivity contribution is -0.148. The molecule has 0 aromatic heterocycles. The van der Waals surface area contributed by atoms with Crippen molar-refractivity contribution in [2.45, 2.75) is 19.3 Å². The molecule has 2 aromatic rings. The van der Waals surface area contributed by atoms with Crippen LogP contribution in [0.25, 0.3) is 0 Å². The molecule has 2 unspecified atom stereocenters. The number of hydrogen-bond acceptors (Lipinski definition) is 5. The fourth-order valence-electron chi connectivity index (χ4n) is 3.13. The Morgan fingerprint density at radius 1 is 1.19 bits per heavy atom. The molecule has 0 saturated carbocycles. The summed E-state index contributed by atoms with van der Waals surface area (Å²) in [7, 11) is 0. The molecule has 0 fully saturated rings. The molecule has 6 heteroatoms. The van der Waals surface area contributed by atoms with E-state index < -0.39 is 17.8 Å². The van der Waals surface area contributed by atoms with Crippen LogP contribution in [-0.4, -0.2) is 23.5 Å². The highest BCUT2D eigenvalue weighted by Gasteiger charge is 2.39. The molecule has 0 heterocycles. The summed E-state index contributed by atoms with van der Waals surface area (Å²) in [6.45, 7) is 1.89. The minimum Gasteiger partial charge on any atom is -0.511 e. The van der Waals surface area contributed by atoms with E-state index in [1.807, 2.05) is 0 Å². The maximum absolute atomic E-state index is 12.3. The second kappa shape index (κ2) is 8.27. The largest absolute Gasteiger partial charge is 0.511 e. The van der Waals surface area contributed by atoms with Gasteiger partial charge in [-0.15, -0.1) is 0 Å². The summed E-state index contributed by atoms with van der Waals surface area (Å²) >= 11 is 5.88. The molecule has 27 heavy (non-hydrogen) atoms. The van der Waals surface area contributed by atoms with Gasteiger partial charge in [-0.05, 0) is 48.9 Å². The number of ketones is 1. The number of allylic oxidation sites excluding steroid dienone is 1. The zero-order valence-corrected chi connectivity index (χ0v) is 15.5. The van der Waals surface area contributed by atoms with Gasteiger partial charge in [-0.3, -0.25) is 9.59 Å². The number of ether oxygens (including phenoxy) is 2. The second-order valence-electron chi connectivity index (χ2n) is 6.20. The summed E-state index contributed by atoms with van der Waals surface area (Å²) < 4.78 is 10.9. The monoisotopic (exact) mass is 386 g/mol. The summed E-state index contributed by atoms with van der Waals surface area (Å²) in [4.78, 5) is 24.3. The van der Waals surface area contributed by atoms with Crippen molar-refractivity contribution in [1.82, 2.24) is 0 Å². The maximum atomic E-state index is 12.3. The molecular formula is C21H19ClO5. The van der Waals surface area contributed by atoms with Gasteiger partial charge < -0.3 is 14.6 Å². The van der Waals surface area contributed by atoms with Gasteiger partial charge in [-0.25, -0.2) is 0 Å². The van der Waals surface area contributed by atoms with E-state index in [1.54, 1.807) is 55.5 Å². The number of aliphatic hydroxyl groups excluding tert-OH is 1. The molecule has 0 amide bonds. The van der Waals surface area contributed by atoms with E-state index in [0.717, 1.165) is 6.08 Å². The van der Waals surface area contributed by atoms with Gasteiger partial charge in [-0.1, -0.05) is 23.7 Å². The second-order valence-corrected chi connectivity index (χ2v) is 6.64. The molecule has 5 nitrogen and oxygen atoms in total. The van der Waals surface area contributed by atoms with E-state index >= 15 is 0 Å². The Hall–Kier alpha value is -2.79. The van der Waals surface area contributed by atoms with Gasteiger partial charge in [0.15, 0.2) is 5.78 Å². The quantitative estimate of drug-likeness (QED) is 0.746. The van der Waals surface area contributed by atoms with E-state index in [1.165, 1.54) is 0 Å². The van der Waals surface area contributed by atoms with E-state index in [0.29, 0.717) is 22.1 Å². The summed E-state index contributed by atoms with van der Waals surface area (Å²) in [5, 5.41) is 10.8. The van der Waals surface area contributed by atoms with Gasteiger partial charge >= 0.3 is 5.97 Å². The van der Waals surface area contributed by atoms with Crippen LogP contribution in [0.15, 0.2) is 60.4 Å². The Bertz CT molecular complexity index is 872. The lowest BCUT2D eigenvalue weighted by Crippen LogP contribution is -2.31. The number of rotatable bonds is 5. The first-order valence-corrected chi connectivity index (χ1v) is 8.99. The Morgan fingerprint density at radius 2 is 1.93 bits per heavy atom. The SMILES string of the molecule is CCOC(=O)C1C(O)=CC(=O)CC1c1cccc(Oc2ccc(Cl)cc2)c1. The number of carbonyl (C=O) groups is 2. The van der Waals surface area contributed by atoms with Crippen molar-refractivity contribution in [3.8, 4) is 11.5 Å². The summed E-state index contributed by atoms with van der Waals surface area (Å²) in [6.07, 6.45) is 1.21. The normalized spacial score (nSPS) is 19.3. The lowest BCUT2D eigenvalue weighted by atomic mass is 9.77. The number of aliphatic hydroxyl groups is 1. The van der Waals surface area contributed by atoms with Crippen LogP contribution in [-0.2, 0) is 14.3 Å². The average Bonchev–Trinajstić information content (AvgIpc) is 2.63. The summed E-state index contributed by atoms with van der Waals surface area (Å²) in [5.41, 5.74) is 0.715. The van der Waals surface area contributed by atoms with Crippen LogP contribution in [0.5, 0.6) is 11.5 Å².